The number of nitrogens with zero attached hydrogens (tertiary/aromatic N) is 1. The van der Waals surface area contributed by atoms with Crippen LogP contribution in [0.25, 0.3) is 0 Å². The molecule has 0 aromatic heterocycles. The predicted octanol–water partition coefficient (Wildman–Crippen LogP) is 3.99. The fourth-order valence-electron chi connectivity index (χ4n) is 2.53. The van der Waals surface area contributed by atoms with Crippen LogP contribution < -0.4 is 0 Å². The highest BCUT2D eigenvalue weighted by molar-refractivity contribution is 6.30. The summed E-state index contributed by atoms with van der Waals surface area (Å²) in [6, 6.07) is 14.1. The summed E-state index contributed by atoms with van der Waals surface area (Å²) in [5, 5.41) is 9.00. The number of hydrogen-bond acceptors (Lipinski definition) is 1. The quantitative estimate of drug-likeness (QED) is 0.878. The molecule has 0 spiro atoms. The number of hydrogen-bond donors (Lipinski definition) is 1. The molecule has 2 aromatic carbocycles. The van der Waals surface area contributed by atoms with E-state index in [2.05, 4.69) is 24.0 Å². The molecule has 0 fully saturated rings. The highest BCUT2D eigenvalue weighted by atomic mass is 35.5. The van der Waals surface area contributed by atoms with Crippen molar-refractivity contribution < 1.29 is 0 Å². The Hall–Kier alpha value is -1.80. The Labute approximate surface area is 118 Å². The van der Waals surface area contributed by atoms with Crippen LogP contribution in [0.2, 0.25) is 5.02 Å². The van der Waals surface area contributed by atoms with E-state index in [9.17, 15) is 0 Å². The molecule has 19 heavy (non-hydrogen) atoms. The largest absolute Gasteiger partial charge is 0.348 e. The van der Waals surface area contributed by atoms with Crippen molar-refractivity contribution in [2.75, 3.05) is 0 Å². The van der Waals surface area contributed by atoms with Crippen LogP contribution in [-0.4, -0.2) is 10.7 Å². The van der Waals surface area contributed by atoms with Gasteiger partial charge in [-0.05, 0) is 30.2 Å². The Kier molecular flexibility index (Phi) is 3.03. The first-order chi connectivity index (χ1) is 9.13. The van der Waals surface area contributed by atoms with Gasteiger partial charge in [-0.2, -0.15) is 0 Å². The van der Waals surface area contributed by atoms with Crippen LogP contribution in [0.15, 0.2) is 42.5 Å². The highest BCUT2D eigenvalue weighted by Crippen LogP contribution is 2.25. The second-order valence-electron chi connectivity index (χ2n) is 5.00. The first kappa shape index (κ1) is 12.2. The molecule has 3 heteroatoms. The Bertz CT molecular complexity index is 649. The minimum absolute atomic E-state index is 0.606. The zero-order chi connectivity index (χ0) is 13.4. The smallest absolute Gasteiger partial charge is 0.129 e. The van der Waals surface area contributed by atoms with Crippen LogP contribution in [0.5, 0.6) is 0 Å². The van der Waals surface area contributed by atoms with E-state index in [1.165, 1.54) is 11.1 Å². The Morgan fingerprint density at radius 3 is 2.84 bits per heavy atom. The first-order valence-corrected chi connectivity index (χ1v) is 6.69. The number of halogens is 1. The lowest BCUT2D eigenvalue weighted by Gasteiger charge is -2.18. The minimum atomic E-state index is 0.606. The summed E-state index contributed by atoms with van der Waals surface area (Å²) >= 11 is 6.00. The van der Waals surface area contributed by atoms with E-state index in [0.29, 0.717) is 5.84 Å². The average molecular weight is 271 g/mol. The van der Waals surface area contributed by atoms with E-state index in [-0.39, 0.29) is 0 Å². The summed E-state index contributed by atoms with van der Waals surface area (Å²) in [7, 11) is 0. The van der Waals surface area contributed by atoms with Gasteiger partial charge in [0.25, 0.3) is 0 Å². The van der Waals surface area contributed by atoms with Gasteiger partial charge in [-0.3, -0.25) is 5.41 Å². The lowest BCUT2D eigenvalue weighted by atomic mass is 10.1. The van der Waals surface area contributed by atoms with Gasteiger partial charge >= 0.3 is 0 Å². The molecule has 0 atom stereocenters. The molecule has 2 aromatic rings. The molecule has 1 N–H and O–H groups in total. The van der Waals surface area contributed by atoms with Gasteiger partial charge in [-0.25, -0.2) is 0 Å². The summed E-state index contributed by atoms with van der Waals surface area (Å²) in [5.41, 5.74) is 4.68. The molecule has 1 heterocycles. The SMILES string of the molecule is Cc1ccc2c(c1)CN(Cc1cccc(Cl)c1)C2=N. The number of rotatable bonds is 2. The molecule has 3 rings (SSSR count). The lowest BCUT2D eigenvalue weighted by Crippen LogP contribution is -2.23. The van der Waals surface area contributed by atoms with E-state index < -0.39 is 0 Å². The van der Waals surface area contributed by atoms with Gasteiger partial charge in [0.15, 0.2) is 0 Å². The predicted molar refractivity (Wildman–Crippen MR) is 78.7 cm³/mol. The Morgan fingerprint density at radius 1 is 1.21 bits per heavy atom. The fourth-order valence-corrected chi connectivity index (χ4v) is 2.74. The van der Waals surface area contributed by atoms with Gasteiger partial charge < -0.3 is 4.90 Å². The molecule has 1 aliphatic heterocycles. The summed E-state index contributed by atoms with van der Waals surface area (Å²) < 4.78 is 0. The van der Waals surface area contributed by atoms with E-state index in [0.717, 1.165) is 29.2 Å². The molecule has 0 aliphatic carbocycles. The molecule has 0 saturated carbocycles. The number of benzene rings is 2. The molecular formula is C16H15ClN2. The van der Waals surface area contributed by atoms with Crippen LogP contribution >= 0.6 is 11.6 Å². The Balaban J connectivity index is 1.84. The minimum Gasteiger partial charge on any atom is -0.348 e. The molecule has 0 bridgehead atoms. The van der Waals surface area contributed by atoms with Crippen LogP contribution in [0.1, 0.15) is 22.3 Å². The van der Waals surface area contributed by atoms with E-state index >= 15 is 0 Å². The van der Waals surface area contributed by atoms with Crippen LogP contribution in [0, 0.1) is 12.3 Å². The maximum absolute atomic E-state index is 8.25. The van der Waals surface area contributed by atoms with Crippen molar-refractivity contribution in [1.29, 1.82) is 5.41 Å². The van der Waals surface area contributed by atoms with Crippen molar-refractivity contribution >= 4 is 17.4 Å². The topological polar surface area (TPSA) is 27.1 Å². The van der Waals surface area contributed by atoms with Gasteiger partial charge in [0.2, 0.25) is 0 Å². The van der Waals surface area contributed by atoms with Crippen LogP contribution in [0.4, 0.5) is 0 Å². The molecule has 0 unspecified atom stereocenters. The fraction of sp³-hybridized carbons (Fsp3) is 0.188. The van der Waals surface area contributed by atoms with E-state index in [1.54, 1.807) is 0 Å². The van der Waals surface area contributed by atoms with Gasteiger partial charge in [-0.15, -0.1) is 0 Å². The van der Waals surface area contributed by atoms with Gasteiger partial charge in [0.05, 0.1) is 0 Å². The van der Waals surface area contributed by atoms with Crippen molar-refractivity contribution in [1.82, 2.24) is 4.90 Å². The average Bonchev–Trinajstić information content (AvgIpc) is 2.66. The van der Waals surface area contributed by atoms with Gasteiger partial charge in [0, 0.05) is 23.7 Å². The molecule has 0 amide bonds. The normalized spacial score (nSPS) is 13.8. The third kappa shape index (κ3) is 2.36. The molecule has 96 valence electrons. The summed E-state index contributed by atoms with van der Waals surface area (Å²) in [5.74, 6) is 0.606. The third-order valence-corrected chi connectivity index (χ3v) is 3.69. The number of fused-ring (bicyclic) bond motifs is 1. The lowest BCUT2D eigenvalue weighted by molar-refractivity contribution is 0.422. The molecule has 1 aliphatic rings. The highest BCUT2D eigenvalue weighted by Gasteiger charge is 2.23. The standard InChI is InChI=1S/C16H15ClN2/c1-11-5-6-15-13(7-11)10-19(16(15)18)9-12-3-2-4-14(17)8-12/h2-8,18H,9-10H2,1H3. The van der Waals surface area contributed by atoms with Crippen molar-refractivity contribution in [2.24, 2.45) is 0 Å². The third-order valence-electron chi connectivity index (χ3n) is 3.46. The van der Waals surface area contributed by atoms with Crippen molar-refractivity contribution in [2.45, 2.75) is 20.0 Å². The first-order valence-electron chi connectivity index (χ1n) is 6.31. The number of aryl methyl sites for hydroxylation is 1. The van der Waals surface area contributed by atoms with Crippen molar-refractivity contribution in [3.05, 3.63) is 69.7 Å². The zero-order valence-electron chi connectivity index (χ0n) is 10.8. The second-order valence-corrected chi connectivity index (χ2v) is 5.43. The van der Waals surface area contributed by atoms with Gasteiger partial charge in [-0.1, -0.05) is 47.5 Å². The van der Waals surface area contributed by atoms with Crippen LogP contribution in [-0.2, 0) is 13.1 Å². The summed E-state index contributed by atoms with van der Waals surface area (Å²) in [4.78, 5) is 2.08. The maximum atomic E-state index is 8.25. The molecule has 2 nitrogen and oxygen atoms in total. The number of nitrogens with one attached hydrogen (secondary N) is 1. The number of amidine groups is 1. The zero-order valence-corrected chi connectivity index (χ0v) is 11.5. The van der Waals surface area contributed by atoms with E-state index in [4.69, 9.17) is 17.0 Å². The van der Waals surface area contributed by atoms with Crippen LogP contribution in [0.3, 0.4) is 0 Å². The maximum Gasteiger partial charge on any atom is 0.129 e. The van der Waals surface area contributed by atoms with Crippen molar-refractivity contribution in [3.8, 4) is 0 Å². The summed E-state index contributed by atoms with van der Waals surface area (Å²) in [6.07, 6.45) is 0. The van der Waals surface area contributed by atoms with Crippen molar-refractivity contribution in [3.63, 3.8) is 0 Å². The second kappa shape index (κ2) is 4.71. The summed E-state index contributed by atoms with van der Waals surface area (Å²) in [6.45, 7) is 3.62. The van der Waals surface area contributed by atoms with Gasteiger partial charge in [0.1, 0.15) is 5.84 Å². The molecular weight excluding hydrogens is 256 g/mol. The van der Waals surface area contributed by atoms with E-state index in [1.807, 2.05) is 30.3 Å². The Morgan fingerprint density at radius 2 is 2.05 bits per heavy atom. The monoisotopic (exact) mass is 270 g/mol. The molecule has 0 saturated heterocycles. The molecule has 0 radical (unpaired) electrons.